The Bertz CT molecular complexity index is 1090. The number of aromatic nitrogens is 2. The lowest BCUT2D eigenvalue weighted by molar-refractivity contribution is -0.124. The summed E-state index contributed by atoms with van der Waals surface area (Å²) < 4.78 is 2.52. The minimum atomic E-state index is -0.446. The summed E-state index contributed by atoms with van der Waals surface area (Å²) >= 11 is 0. The molecule has 2 aliphatic rings. The Morgan fingerprint density at radius 1 is 0.963 bits per heavy atom. The van der Waals surface area contributed by atoms with Crippen LogP contribution in [0.15, 0.2) is 44.9 Å². The van der Waals surface area contributed by atoms with Crippen LogP contribution in [0.25, 0.3) is 0 Å². The Kier molecular flexibility index (Phi) is 3.84. The third kappa shape index (κ3) is 2.62. The van der Waals surface area contributed by atoms with Crippen LogP contribution in [0.3, 0.4) is 0 Å². The number of hydrogen-bond acceptors (Lipinski definition) is 4. The summed E-state index contributed by atoms with van der Waals surface area (Å²) in [7, 11) is 3.10. The second kappa shape index (κ2) is 5.87. The van der Waals surface area contributed by atoms with Gasteiger partial charge in [0.25, 0.3) is 5.56 Å². The normalized spacial score (nSPS) is 23.4. The number of Topliss-reactive ketones (excluding diaryl/α,β-unsaturated/α-hetero) is 1. The van der Waals surface area contributed by atoms with Gasteiger partial charge in [0.1, 0.15) is 11.6 Å². The second-order valence-electron chi connectivity index (χ2n) is 8.40. The molecule has 1 saturated carbocycles. The number of aliphatic imine (C=N–C) groups is 1. The predicted molar refractivity (Wildman–Crippen MR) is 104 cm³/mol. The summed E-state index contributed by atoms with van der Waals surface area (Å²) in [6, 6.07) is 9.60. The smallest absolute Gasteiger partial charge is 0.299 e. The monoisotopic (exact) mass is 365 g/mol. The van der Waals surface area contributed by atoms with Gasteiger partial charge in [-0.25, -0.2) is 9.79 Å². The van der Waals surface area contributed by atoms with Crippen molar-refractivity contribution in [2.45, 2.75) is 32.6 Å². The zero-order valence-corrected chi connectivity index (χ0v) is 16.0. The number of hydrogen-bond donors (Lipinski definition) is 0. The van der Waals surface area contributed by atoms with Gasteiger partial charge in [0.05, 0.1) is 11.5 Å². The van der Waals surface area contributed by atoms with Crippen LogP contribution in [0, 0.1) is 11.3 Å². The van der Waals surface area contributed by atoms with Gasteiger partial charge in [-0.15, -0.1) is 0 Å². The van der Waals surface area contributed by atoms with Crippen LogP contribution in [0.1, 0.15) is 43.7 Å². The highest BCUT2D eigenvalue weighted by Crippen LogP contribution is 2.47. The average Bonchev–Trinajstić information content (AvgIpc) is 2.62. The van der Waals surface area contributed by atoms with Crippen LogP contribution < -0.4 is 11.2 Å². The highest BCUT2D eigenvalue weighted by Gasteiger charge is 2.47. The molecule has 2 heterocycles. The van der Waals surface area contributed by atoms with Gasteiger partial charge in [-0.3, -0.25) is 18.7 Å². The lowest BCUT2D eigenvalue weighted by atomic mass is 9.64. The Morgan fingerprint density at radius 2 is 1.63 bits per heavy atom. The molecule has 1 aromatic heterocycles. The van der Waals surface area contributed by atoms with Gasteiger partial charge in [0.2, 0.25) is 0 Å². The molecule has 0 amide bonds. The van der Waals surface area contributed by atoms with E-state index in [1.165, 1.54) is 11.6 Å². The van der Waals surface area contributed by atoms with E-state index in [0.717, 1.165) is 15.8 Å². The molecule has 1 aromatic carbocycles. The molecule has 6 heteroatoms. The van der Waals surface area contributed by atoms with E-state index in [9.17, 15) is 14.4 Å². The fourth-order valence-corrected chi connectivity index (χ4v) is 4.51. The quantitative estimate of drug-likeness (QED) is 0.778. The molecule has 0 N–H and O–H groups in total. The van der Waals surface area contributed by atoms with Gasteiger partial charge in [-0.05, 0) is 17.4 Å². The third-order valence-electron chi connectivity index (χ3n) is 5.74. The Morgan fingerprint density at radius 3 is 2.30 bits per heavy atom. The summed E-state index contributed by atoms with van der Waals surface area (Å²) in [6.07, 6.45) is 1.14. The van der Waals surface area contributed by atoms with Crippen LogP contribution in [-0.4, -0.2) is 20.6 Å². The summed E-state index contributed by atoms with van der Waals surface area (Å²) in [5, 5.41) is 0. The van der Waals surface area contributed by atoms with Crippen molar-refractivity contribution in [3.8, 4) is 0 Å². The zero-order valence-electron chi connectivity index (χ0n) is 16.0. The predicted octanol–water partition coefficient (Wildman–Crippen LogP) is 2.31. The van der Waals surface area contributed by atoms with E-state index in [1.807, 2.05) is 30.3 Å². The van der Waals surface area contributed by atoms with Crippen molar-refractivity contribution >= 4 is 17.3 Å². The van der Waals surface area contributed by atoms with E-state index < -0.39 is 17.5 Å². The van der Waals surface area contributed by atoms with E-state index in [0.29, 0.717) is 24.2 Å². The number of carbonyl (C=O) groups is 1. The molecule has 2 atom stereocenters. The van der Waals surface area contributed by atoms with E-state index in [-0.39, 0.29) is 16.8 Å². The summed E-state index contributed by atoms with van der Waals surface area (Å²) in [5.41, 5.74) is 1.16. The van der Waals surface area contributed by atoms with Crippen LogP contribution in [0.2, 0.25) is 0 Å². The van der Waals surface area contributed by atoms with Gasteiger partial charge < -0.3 is 0 Å². The zero-order chi connectivity index (χ0) is 19.5. The van der Waals surface area contributed by atoms with Gasteiger partial charge in [-0.1, -0.05) is 44.2 Å². The molecule has 1 aliphatic heterocycles. The lowest BCUT2D eigenvalue weighted by Crippen LogP contribution is -2.47. The number of fused-ring (bicyclic) bond motifs is 2. The minimum absolute atomic E-state index is 0.111. The number of benzene rings is 1. The second-order valence-corrected chi connectivity index (χ2v) is 8.40. The molecule has 0 saturated heterocycles. The van der Waals surface area contributed by atoms with Crippen molar-refractivity contribution < 1.29 is 4.79 Å². The van der Waals surface area contributed by atoms with Gasteiger partial charge >= 0.3 is 5.69 Å². The lowest BCUT2D eigenvalue weighted by Gasteiger charge is -2.40. The SMILES string of the molecule is Cn1c2c(c(=O)n(C)c1=O)[C@H](c1ccccc1)[C@@H]1C(=O)CC(C)(C)CC1=N2. The van der Waals surface area contributed by atoms with Crippen molar-refractivity contribution in [1.82, 2.24) is 9.13 Å². The summed E-state index contributed by atoms with van der Waals surface area (Å²) in [4.78, 5) is 43.3. The van der Waals surface area contributed by atoms with E-state index in [1.54, 1.807) is 7.05 Å². The molecule has 6 nitrogen and oxygen atoms in total. The molecule has 0 unspecified atom stereocenters. The van der Waals surface area contributed by atoms with Crippen LogP contribution >= 0.6 is 0 Å². The van der Waals surface area contributed by atoms with Gasteiger partial charge in [0, 0.05) is 32.1 Å². The maximum atomic E-state index is 13.1. The Hall–Kier alpha value is -2.76. The fourth-order valence-electron chi connectivity index (χ4n) is 4.51. The average molecular weight is 365 g/mol. The number of ketones is 1. The number of nitrogens with zero attached hydrogens (tertiary/aromatic N) is 3. The first-order chi connectivity index (χ1) is 12.7. The van der Waals surface area contributed by atoms with Crippen molar-refractivity contribution in [2.75, 3.05) is 0 Å². The van der Waals surface area contributed by atoms with Crippen molar-refractivity contribution in [1.29, 1.82) is 0 Å². The Balaban J connectivity index is 2.08. The van der Waals surface area contributed by atoms with Crippen molar-refractivity contribution in [3.05, 3.63) is 62.3 Å². The van der Waals surface area contributed by atoms with E-state index in [4.69, 9.17) is 4.99 Å². The molecule has 0 radical (unpaired) electrons. The molecule has 27 heavy (non-hydrogen) atoms. The molecule has 1 fully saturated rings. The standard InChI is InChI=1S/C21H23N3O3/c1-21(2)10-13-16(14(25)11-21)15(12-8-6-5-7-9-12)17-18(22-13)23(3)20(27)24(4)19(17)26/h5-9,15-16H,10-11H2,1-4H3/t15-,16+/m1/s1. The van der Waals surface area contributed by atoms with E-state index in [2.05, 4.69) is 13.8 Å². The maximum absolute atomic E-state index is 13.1. The molecule has 2 aromatic rings. The molecule has 4 rings (SSSR count). The van der Waals surface area contributed by atoms with Crippen LogP contribution in [-0.2, 0) is 18.9 Å². The highest BCUT2D eigenvalue weighted by molar-refractivity contribution is 6.11. The maximum Gasteiger partial charge on any atom is 0.332 e. The molecular formula is C21H23N3O3. The molecule has 1 aliphatic carbocycles. The molecule has 0 bridgehead atoms. The summed E-state index contributed by atoms with van der Waals surface area (Å²) in [5.74, 6) is -0.366. The van der Waals surface area contributed by atoms with Gasteiger partial charge in [0.15, 0.2) is 0 Å². The number of carbonyl (C=O) groups excluding carboxylic acids is 1. The Labute approximate surface area is 157 Å². The first-order valence-electron chi connectivity index (χ1n) is 9.16. The molecule has 0 spiro atoms. The van der Waals surface area contributed by atoms with Gasteiger partial charge in [-0.2, -0.15) is 0 Å². The largest absolute Gasteiger partial charge is 0.332 e. The fraction of sp³-hybridized carbons (Fsp3) is 0.429. The van der Waals surface area contributed by atoms with Crippen LogP contribution in [0.5, 0.6) is 0 Å². The highest BCUT2D eigenvalue weighted by atomic mass is 16.2. The first-order valence-corrected chi connectivity index (χ1v) is 9.16. The van der Waals surface area contributed by atoms with Crippen molar-refractivity contribution in [2.24, 2.45) is 30.4 Å². The first kappa shape index (κ1) is 17.6. The van der Waals surface area contributed by atoms with E-state index >= 15 is 0 Å². The summed E-state index contributed by atoms with van der Waals surface area (Å²) in [6.45, 7) is 4.11. The van der Waals surface area contributed by atoms with Crippen LogP contribution in [0.4, 0.5) is 5.82 Å². The number of rotatable bonds is 1. The molecular weight excluding hydrogens is 342 g/mol. The topological polar surface area (TPSA) is 73.4 Å². The molecule has 140 valence electrons. The minimum Gasteiger partial charge on any atom is -0.299 e. The third-order valence-corrected chi connectivity index (χ3v) is 5.74. The van der Waals surface area contributed by atoms with Crippen molar-refractivity contribution in [3.63, 3.8) is 0 Å².